The number of benzene rings is 3. The van der Waals surface area contributed by atoms with Crippen molar-refractivity contribution in [2.45, 2.75) is 51.5 Å². The highest BCUT2D eigenvalue weighted by Crippen LogP contribution is 2.38. The first-order valence-corrected chi connectivity index (χ1v) is 12.8. The smallest absolute Gasteiger partial charge is 0.420 e. The van der Waals surface area contributed by atoms with Crippen LogP contribution < -0.4 is 15.0 Å². The molecule has 7 nitrogen and oxygen atoms in total. The molecule has 0 aliphatic carbocycles. The average molecular weight is 611 g/mol. The van der Waals surface area contributed by atoms with Crippen LogP contribution in [0.1, 0.15) is 59.8 Å². The second-order valence-electron chi connectivity index (χ2n) is 10.6. The first kappa shape index (κ1) is 33.0. The van der Waals surface area contributed by atoms with Crippen molar-refractivity contribution in [1.29, 1.82) is 0 Å². The van der Waals surface area contributed by atoms with Gasteiger partial charge in [-0.1, -0.05) is 45.0 Å². The molecule has 0 spiro atoms. The normalized spacial score (nSPS) is 12.0. The Morgan fingerprint density at radius 2 is 1.33 bits per heavy atom. The van der Waals surface area contributed by atoms with E-state index < -0.39 is 47.2 Å². The second-order valence-corrected chi connectivity index (χ2v) is 10.6. The average Bonchev–Trinajstić information content (AvgIpc) is 2.90. The van der Waals surface area contributed by atoms with E-state index in [9.17, 15) is 40.7 Å². The van der Waals surface area contributed by atoms with E-state index in [4.69, 9.17) is 9.84 Å². The number of aliphatic carboxylic acids is 1. The van der Waals surface area contributed by atoms with Gasteiger partial charge in [0.2, 0.25) is 0 Å². The third kappa shape index (κ3) is 9.22. The summed E-state index contributed by atoms with van der Waals surface area (Å²) in [6.07, 6.45) is -11.8. The molecule has 0 heterocycles. The summed E-state index contributed by atoms with van der Waals surface area (Å²) in [5.41, 5.74) is -1.74. The molecule has 2 amide bonds. The largest absolute Gasteiger partial charge is 0.481 e. The summed E-state index contributed by atoms with van der Waals surface area (Å²) in [4.78, 5) is 37.2. The van der Waals surface area contributed by atoms with Gasteiger partial charge in [-0.2, -0.15) is 26.3 Å². The van der Waals surface area contributed by atoms with Gasteiger partial charge in [0.05, 0.1) is 24.1 Å². The number of anilines is 1. The summed E-state index contributed by atoms with van der Waals surface area (Å²) in [6.45, 7) is 5.56. The molecule has 0 bridgehead atoms. The van der Waals surface area contributed by atoms with Gasteiger partial charge in [0.25, 0.3) is 5.91 Å². The number of rotatable bonds is 8. The molecular formula is C30H28F6N2O5. The number of carboxylic acids is 1. The van der Waals surface area contributed by atoms with Crippen molar-refractivity contribution in [2.24, 2.45) is 0 Å². The fraction of sp³-hybridized carbons (Fsp3) is 0.300. The minimum absolute atomic E-state index is 0.0697. The first-order valence-electron chi connectivity index (χ1n) is 12.8. The van der Waals surface area contributed by atoms with Crippen LogP contribution >= 0.6 is 0 Å². The third-order valence-corrected chi connectivity index (χ3v) is 6.21. The van der Waals surface area contributed by atoms with Crippen LogP contribution in [0.4, 0.5) is 36.8 Å². The van der Waals surface area contributed by atoms with Crippen LogP contribution in [0.2, 0.25) is 0 Å². The third-order valence-electron chi connectivity index (χ3n) is 6.21. The molecule has 0 radical (unpaired) electrons. The number of nitrogens with one attached hydrogen (secondary N) is 1. The molecule has 3 aromatic carbocycles. The van der Waals surface area contributed by atoms with Gasteiger partial charge in [-0.3, -0.25) is 14.5 Å². The molecule has 0 aromatic heterocycles. The number of ether oxygens (including phenoxy) is 1. The van der Waals surface area contributed by atoms with Crippen molar-refractivity contribution < 1.29 is 50.6 Å². The number of alkyl halides is 6. The van der Waals surface area contributed by atoms with E-state index >= 15 is 0 Å². The molecule has 13 heteroatoms. The highest BCUT2D eigenvalue weighted by Gasteiger charge is 2.37. The van der Waals surface area contributed by atoms with Gasteiger partial charge in [-0.25, -0.2) is 4.79 Å². The van der Waals surface area contributed by atoms with Crippen LogP contribution in [0.15, 0.2) is 66.7 Å². The van der Waals surface area contributed by atoms with E-state index in [1.54, 1.807) is 24.3 Å². The molecule has 3 rings (SSSR count). The van der Waals surface area contributed by atoms with Gasteiger partial charge >= 0.3 is 24.4 Å². The monoisotopic (exact) mass is 610 g/mol. The topological polar surface area (TPSA) is 95.9 Å². The zero-order valence-electron chi connectivity index (χ0n) is 23.3. The molecule has 0 fully saturated rings. The summed E-state index contributed by atoms with van der Waals surface area (Å²) in [5, 5.41) is 11.2. The van der Waals surface area contributed by atoms with Gasteiger partial charge in [0.15, 0.2) is 0 Å². The second kappa shape index (κ2) is 12.8. The molecule has 0 saturated heterocycles. The zero-order chi connectivity index (χ0) is 32.2. The summed E-state index contributed by atoms with van der Waals surface area (Å²) in [7, 11) is 0. The van der Waals surface area contributed by atoms with Crippen molar-refractivity contribution in [2.75, 3.05) is 11.4 Å². The Labute approximate surface area is 243 Å². The fourth-order valence-corrected chi connectivity index (χ4v) is 3.87. The van der Waals surface area contributed by atoms with E-state index in [0.717, 1.165) is 10.5 Å². The van der Waals surface area contributed by atoms with Gasteiger partial charge in [-0.05, 0) is 59.0 Å². The van der Waals surface area contributed by atoms with E-state index in [-0.39, 0.29) is 42.2 Å². The number of nitrogens with zero attached hydrogens (tertiary/aromatic N) is 1. The van der Waals surface area contributed by atoms with E-state index in [2.05, 4.69) is 5.32 Å². The lowest BCUT2D eigenvalue weighted by atomic mass is 9.87. The molecule has 0 atom stereocenters. The lowest BCUT2D eigenvalue weighted by molar-refractivity contribution is -0.143. The Kier molecular flexibility index (Phi) is 9.78. The van der Waals surface area contributed by atoms with Crippen LogP contribution in [0, 0.1) is 0 Å². The fourth-order valence-electron chi connectivity index (χ4n) is 3.87. The van der Waals surface area contributed by atoms with Crippen LogP contribution in [0.3, 0.4) is 0 Å². The van der Waals surface area contributed by atoms with Gasteiger partial charge in [0.1, 0.15) is 5.75 Å². The zero-order valence-corrected chi connectivity index (χ0v) is 23.3. The maximum absolute atomic E-state index is 13.3. The van der Waals surface area contributed by atoms with Gasteiger partial charge < -0.3 is 15.2 Å². The van der Waals surface area contributed by atoms with Crippen molar-refractivity contribution in [3.63, 3.8) is 0 Å². The molecule has 3 aromatic rings. The Morgan fingerprint density at radius 1 is 0.791 bits per heavy atom. The summed E-state index contributed by atoms with van der Waals surface area (Å²) < 4.78 is 85.1. The first-order chi connectivity index (χ1) is 19.8. The minimum Gasteiger partial charge on any atom is -0.481 e. The Morgan fingerprint density at radius 3 is 1.79 bits per heavy atom. The van der Waals surface area contributed by atoms with Crippen molar-refractivity contribution in [3.8, 4) is 5.75 Å². The Bertz CT molecular complexity index is 1430. The number of amides is 2. The SMILES string of the molecule is CC(C)(C)c1ccc(N(Cc2ccc(C(=O)NCCC(=O)O)cc2)C(=O)Oc2cc(C(F)(F)F)cc(C(F)(F)F)c2)cc1. The van der Waals surface area contributed by atoms with E-state index in [1.165, 1.54) is 24.3 Å². The maximum Gasteiger partial charge on any atom is 0.420 e. The highest BCUT2D eigenvalue weighted by atomic mass is 19.4. The molecule has 230 valence electrons. The van der Waals surface area contributed by atoms with E-state index in [0.29, 0.717) is 17.7 Å². The van der Waals surface area contributed by atoms with Crippen LogP contribution in [0.25, 0.3) is 0 Å². The van der Waals surface area contributed by atoms with Crippen molar-refractivity contribution in [1.82, 2.24) is 5.32 Å². The van der Waals surface area contributed by atoms with E-state index in [1.807, 2.05) is 20.8 Å². The highest BCUT2D eigenvalue weighted by molar-refractivity contribution is 5.94. The quantitative estimate of drug-likeness (QED) is 0.259. The lowest BCUT2D eigenvalue weighted by Crippen LogP contribution is -2.33. The predicted octanol–water partition coefficient (Wildman–Crippen LogP) is 7.43. The number of hydrogen-bond acceptors (Lipinski definition) is 4. The van der Waals surface area contributed by atoms with Crippen molar-refractivity contribution in [3.05, 3.63) is 94.5 Å². The molecule has 2 N–H and O–H groups in total. The number of hydrogen-bond donors (Lipinski definition) is 2. The number of carboxylic acid groups (broad SMARTS) is 1. The van der Waals surface area contributed by atoms with Crippen molar-refractivity contribution >= 4 is 23.7 Å². The molecule has 0 unspecified atom stereocenters. The number of carbonyl (C=O) groups excluding carboxylic acids is 2. The molecule has 43 heavy (non-hydrogen) atoms. The standard InChI is InChI=1S/C30H28F6N2O5/c1-28(2,3)20-8-10-23(11-9-20)38(17-18-4-6-19(7-5-18)26(41)37-13-12-25(39)40)27(42)43-24-15-21(29(31,32)33)14-22(16-24)30(34,35)36/h4-11,14-16H,12-13,17H2,1-3H3,(H,37,41)(H,39,40). The Balaban J connectivity index is 1.93. The molecular weight excluding hydrogens is 582 g/mol. The summed E-state index contributed by atoms with van der Waals surface area (Å²) >= 11 is 0. The minimum atomic E-state index is -5.13. The number of halogens is 6. The van der Waals surface area contributed by atoms with Crippen LogP contribution in [-0.4, -0.2) is 29.6 Å². The molecule has 0 aliphatic rings. The van der Waals surface area contributed by atoms with Crippen LogP contribution in [0.5, 0.6) is 5.75 Å². The summed E-state index contributed by atoms with van der Waals surface area (Å²) in [5.74, 6) is -2.57. The number of carbonyl (C=O) groups is 3. The predicted molar refractivity (Wildman–Crippen MR) is 145 cm³/mol. The van der Waals surface area contributed by atoms with Crippen LogP contribution in [-0.2, 0) is 29.1 Å². The summed E-state index contributed by atoms with van der Waals surface area (Å²) in [6, 6.07) is 13.0. The lowest BCUT2D eigenvalue weighted by Gasteiger charge is -2.25. The maximum atomic E-state index is 13.3. The Hall–Kier alpha value is -4.55. The molecule has 0 aliphatic heterocycles. The van der Waals surface area contributed by atoms with Gasteiger partial charge in [-0.15, -0.1) is 0 Å². The molecule has 0 saturated carbocycles. The van der Waals surface area contributed by atoms with Gasteiger partial charge in [0, 0.05) is 17.8 Å².